The second-order valence-electron chi connectivity index (χ2n) is 4.69. The van der Waals surface area contributed by atoms with Gasteiger partial charge in [-0.05, 0) is 5.56 Å². The molecular weight excluding hydrogens is 246 g/mol. The first kappa shape index (κ1) is 13.8. The number of hydrogen-bond acceptors (Lipinski definition) is 4. The summed E-state index contributed by atoms with van der Waals surface area (Å²) >= 11 is 0. The lowest BCUT2D eigenvalue weighted by molar-refractivity contribution is -0.0287. The molecule has 1 fully saturated rings. The Balaban J connectivity index is 1.85. The van der Waals surface area contributed by atoms with Crippen molar-refractivity contribution in [3.8, 4) is 0 Å². The molecule has 5 nitrogen and oxygen atoms in total. The standard InChI is InChI=1S/C14H19NO4/c1-18-13-7-12(16)8-15(9-13)14(17)19-10-11-5-3-2-4-6-11/h2-6,12-13,16H,7-10H2,1H3/t12-,13+/m0/s1. The third-order valence-electron chi connectivity index (χ3n) is 3.19. The number of piperidine rings is 1. The van der Waals surface area contributed by atoms with Crippen molar-refractivity contribution in [2.45, 2.75) is 25.2 Å². The van der Waals surface area contributed by atoms with Gasteiger partial charge in [0.25, 0.3) is 0 Å². The summed E-state index contributed by atoms with van der Waals surface area (Å²) in [6.45, 7) is 0.999. The minimum Gasteiger partial charge on any atom is -0.445 e. The largest absolute Gasteiger partial charge is 0.445 e. The van der Waals surface area contributed by atoms with Crippen molar-refractivity contribution in [2.75, 3.05) is 20.2 Å². The minimum absolute atomic E-state index is 0.131. The lowest BCUT2D eigenvalue weighted by atomic mass is 10.1. The van der Waals surface area contributed by atoms with Crippen LogP contribution in [-0.4, -0.2) is 48.5 Å². The molecule has 0 saturated carbocycles. The predicted octanol–water partition coefficient (Wildman–Crippen LogP) is 1.40. The van der Waals surface area contributed by atoms with Crippen molar-refractivity contribution in [1.82, 2.24) is 4.90 Å². The monoisotopic (exact) mass is 265 g/mol. The van der Waals surface area contributed by atoms with Crippen molar-refractivity contribution < 1.29 is 19.4 Å². The molecule has 2 atom stereocenters. The van der Waals surface area contributed by atoms with Crippen LogP contribution in [0.2, 0.25) is 0 Å². The average Bonchev–Trinajstić information content (AvgIpc) is 2.45. The maximum Gasteiger partial charge on any atom is 0.410 e. The van der Waals surface area contributed by atoms with Gasteiger partial charge in [-0.2, -0.15) is 0 Å². The van der Waals surface area contributed by atoms with E-state index in [0.717, 1.165) is 5.56 Å². The van der Waals surface area contributed by atoms with E-state index in [1.807, 2.05) is 30.3 Å². The van der Waals surface area contributed by atoms with Crippen LogP contribution in [-0.2, 0) is 16.1 Å². The highest BCUT2D eigenvalue weighted by Crippen LogP contribution is 2.14. The van der Waals surface area contributed by atoms with Gasteiger partial charge in [0.1, 0.15) is 6.61 Å². The summed E-state index contributed by atoms with van der Waals surface area (Å²) in [5.41, 5.74) is 0.941. The van der Waals surface area contributed by atoms with E-state index in [9.17, 15) is 9.90 Å². The summed E-state index contributed by atoms with van der Waals surface area (Å²) in [5.74, 6) is 0. The zero-order chi connectivity index (χ0) is 13.7. The number of aliphatic hydroxyl groups excluding tert-OH is 1. The first-order chi connectivity index (χ1) is 9.19. The molecule has 1 amide bonds. The molecule has 1 N–H and O–H groups in total. The number of carbonyl (C=O) groups excluding carboxylic acids is 1. The topological polar surface area (TPSA) is 59.0 Å². The highest BCUT2D eigenvalue weighted by atomic mass is 16.6. The quantitative estimate of drug-likeness (QED) is 0.897. The Labute approximate surface area is 112 Å². The maximum atomic E-state index is 11.9. The molecule has 1 saturated heterocycles. The molecule has 1 aromatic carbocycles. The van der Waals surface area contributed by atoms with Gasteiger partial charge < -0.3 is 19.5 Å². The van der Waals surface area contributed by atoms with Gasteiger partial charge in [0, 0.05) is 13.5 Å². The zero-order valence-corrected chi connectivity index (χ0v) is 11.0. The fourth-order valence-electron chi connectivity index (χ4n) is 2.16. The molecule has 19 heavy (non-hydrogen) atoms. The first-order valence-electron chi connectivity index (χ1n) is 6.35. The molecule has 1 aliphatic rings. The van der Waals surface area contributed by atoms with Gasteiger partial charge in [-0.15, -0.1) is 0 Å². The fraction of sp³-hybridized carbons (Fsp3) is 0.500. The van der Waals surface area contributed by atoms with Gasteiger partial charge in [-0.1, -0.05) is 30.3 Å². The highest BCUT2D eigenvalue weighted by Gasteiger charge is 2.29. The van der Waals surface area contributed by atoms with E-state index in [1.165, 1.54) is 4.90 Å². The van der Waals surface area contributed by atoms with E-state index in [0.29, 0.717) is 19.5 Å². The van der Waals surface area contributed by atoms with Crippen LogP contribution < -0.4 is 0 Å². The lowest BCUT2D eigenvalue weighted by Gasteiger charge is -2.34. The van der Waals surface area contributed by atoms with Crippen molar-refractivity contribution in [3.05, 3.63) is 35.9 Å². The second-order valence-corrected chi connectivity index (χ2v) is 4.69. The fourth-order valence-corrected chi connectivity index (χ4v) is 2.16. The number of amides is 1. The number of ether oxygens (including phenoxy) is 2. The number of rotatable bonds is 3. The van der Waals surface area contributed by atoms with Crippen molar-refractivity contribution in [3.63, 3.8) is 0 Å². The van der Waals surface area contributed by atoms with Gasteiger partial charge in [-0.3, -0.25) is 0 Å². The van der Waals surface area contributed by atoms with E-state index in [1.54, 1.807) is 7.11 Å². The van der Waals surface area contributed by atoms with Crippen LogP contribution in [0.3, 0.4) is 0 Å². The molecule has 5 heteroatoms. The van der Waals surface area contributed by atoms with Crippen molar-refractivity contribution >= 4 is 6.09 Å². The maximum absolute atomic E-state index is 11.9. The van der Waals surface area contributed by atoms with E-state index in [4.69, 9.17) is 9.47 Å². The van der Waals surface area contributed by atoms with Gasteiger partial charge >= 0.3 is 6.09 Å². The summed E-state index contributed by atoms with van der Waals surface area (Å²) in [6.07, 6.45) is -0.542. The van der Waals surface area contributed by atoms with E-state index in [-0.39, 0.29) is 12.7 Å². The number of hydrogen-bond donors (Lipinski definition) is 1. The highest BCUT2D eigenvalue weighted by molar-refractivity contribution is 5.67. The number of benzene rings is 1. The number of methoxy groups -OCH3 is 1. The Morgan fingerprint density at radius 2 is 2.11 bits per heavy atom. The van der Waals surface area contributed by atoms with Gasteiger partial charge in [0.2, 0.25) is 0 Å². The Bertz CT molecular complexity index is 409. The first-order valence-corrected chi connectivity index (χ1v) is 6.35. The number of likely N-dealkylation sites (tertiary alicyclic amines) is 1. The summed E-state index contributed by atoms with van der Waals surface area (Å²) in [5, 5.41) is 9.69. The summed E-state index contributed by atoms with van der Waals surface area (Å²) in [4.78, 5) is 13.4. The third kappa shape index (κ3) is 3.94. The Morgan fingerprint density at radius 1 is 1.37 bits per heavy atom. The molecule has 0 aliphatic carbocycles. The summed E-state index contributed by atoms with van der Waals surface area (Å²) in [7, 11) is 1.58. The SMILES string of the molecule is CO[C@@H]1C[C@H](O)CN(C(=O)OCc2ccccc2)C1. The smallest absolute Gasteiger partial charge is 0.410 e. The van der Waals surface area contributed by atoms with E-state index in [2.05, 4.69) is 0 Å². The zero-order valence-electron chi connectivity index (χ0n) is 11.0. The van der Waals surface area contributed by atoms with Crippen LogP contribution in [0.4, 0.5) is 4.79 Å². The minimum atomic E-state index is -0.553. The Kier molecular flexibility index (Phi) is 4.76. The number of β-amino-alcohol motifs (C(OH)–C–C–N with tert-alkyl or cyclic N) is 1. The molecule has 104 valence electrons. The lowest BCUT2D eigenvalue weighted by Crippen LogP contribution is -2.49. The van der Waals surface area contributed by atoms with Crippen LogP contribution in [0.1, 0.15) is 12.0 Å². The summed E-state index contributed by atoms with van der Waals surface area (Å²) in [6, 6.07) is 9.51. The van der Waals surface area contributed by atoms with Crippen LogP contribution in [0, 0.1) is 0 Å². The van der Waals surface area contributed by atoms with Gasteiger partial charge in [-0.25, -0.2) is 4.79 Å². The molecule has 1 aromatic rings. The molecule has 0 radical (unpaired) electrons. The normalized spacial score (nSPS) is 23.2. The molecule has 0 unspecified atom stereocenters. The van der Waals surface area contributed by atoms with Gasteiger partial charge in [0.15, 0.2) is 0 Å². The molecule has 1 heterocycles. The van der Waals surface area contributed by atoms with Crippen LogP contribution in [0.25, 0.3) is 0 Å². The molecule has 1 aliphatic heterocycles. The van der Waals surface area contributed by atoms with Crippen molar-refractivity contribution in [1.29, 1.82) is 0 Å². The van der Waals surface area contributed by atoms with Crippen molar-refractivity contribution in [2.24, 2.45) is 0 Å². The Morgan fingerprint density at radius 3 is 2.79 bits per heavy atom. The van der Waals surface area contributed by atoms with E-state index < -0.39 is 12.2 Å². The Hall–Kier alpha value is -1.59. The molecule has 0 spiro atoms. The van der Waals surface area contributed by atoms with Crippen LogP contribution in [0.5, 0.6) is 0 Å². The van der Waals surface area contributed by atoms with Crippen LogP contribution in [0.15, 0.2) is 30.3 Å². The number of carbonyl (C=O) groups is 1. The molecule has 0 aromatic heterocycles. The molecular formula is C14H19NO4. The predicted molar refractivity (Wildman–Crippen MR) is 69.6 cm³/mol. The van der Waals surface area contributed by atoms with Crippen LogP contribution >= 0.6 is 0 Å². The third-order valence-corrected chi connectivity index (χ3v) is 3.19. The van der Waals surface area contributed by atoms with E-state index >= 15 is 0 Å². The molecule has 0 bridgehead atoms. The summed E-state index contributed by atoms with van der Waals surface area (Å²) < 4.78 is 10.4. The van der Waals surface area contributed by atoms with Gasteiger partial charge in [0.05, 0.1) is 25.3 Å². The molecule has 2 rings (SSSR count). The number of nitrogens with zero attached hydrogens (tertiary/aromatic N) is 1. The average molecular weight is 265 g/mol. The number of aliphatic hydroxyl groups is 1. The second kappa shape index (κ2) is 6.54.